The fourth-order valence-electron chi connectivity index (χ4n) is 0.757. The molecular weight excluding hydrogens is 144 g/mol. The van der Waals surface area contributed by atoms with Gasteiger partial charge >= 0.3 is 0 Å². The summed E-state index contributed by atoms with van der Waals surface area (Å²) in [7, 11) is 0. The Morgan fingerprint density at radius 1 is 1.55 bits per heavy atom. The maximum absolute atomic E-state index is 11.0. The number of primary amides is 1. The summed E-state index contributed by atoms with van der Waals surface area (Å²) in [6.45, 7) is 0. The number of aromatic nitrogens is 1. The Bertz CT molecular complexity index is 264. The van der Waals surface area contributed by atoms with Crippen LogP contribution in [0.2, 0.25) is 0 Å². The second-order valence-corrected chi connectivity index (χ2v) is 2.15. The number of aromatic amines is 1. The Balaban J connectivity index is 2.64. The molecule has 1 heterocycles. The molecule has 4 heteroatoms. The van der Waals surface area contributed by atoms with E-state index in [-0.39, 0.29) is 12.2 Å². The highest BCUT2D eigenvalue weighted by Crippen LogP contribution is 1.98. The van der Waals surface area contributed by atoms with Crippen LogP contribution < -0.4 is 5.73 Å². The van der Waals surface area contributed by atoms with Crippen LogP contribution in [0.15, 0.2) is 18.3 Å². The quantitative estimate of drug-likeness (QED) is 0.475. The normalized spacial score (nSPS) is 9.45. The molecule has 4 nitrogen and oxygen atoms in total. The molecule has 1 aromatic heterocycles. The fourth-order valence-corrected chi connectivity index (χ4v) is 0.757. The molecule has 0 bridgehead atoms. The van der Waals surface area contributed by atoms with E-state index in [4.69, 9.17) is 5.73 Å². The van der Waals surface area contributed by atoms with Gasteiger partial charge in [-0.3, -0.25) is 9.59 Å². The molecule has 58 valence electrons. The first-order valence-corrected chi connectivity index (χ1v) is 3.15. The lowest BCUT2D eigenvalue weighted by atomic mass is 10.2. The van der Waals surface area contributed by atoms with E-state index in [1.807, 2.05) is 0 Å². The van der Waals surface area contributed by atoms with E-state index in [0.717, 1.165) is 0 Å². The first kappa shape index (κ1) is 7.53. The molecular formula is C7H8N2O2. The minimum absolute atomic E-state index is 0.236. The molecule has 0 saturated carbocycles. The average molecular weight is 152 g/mol. The van der Waals surface area contributed by atoms with Gasteiger partial charge in [-0.1, -0.05) is 0 Å². The lowest BCUT2D eigenvalue weighted by Crippen LogP contribution is -2.16. The van der Waals surface area contributed by atoms with Gasteiger partial charge < -0.3 is 10.7 Å². The zero-order valence-electron chi connectivity index (χ0n) is 5.83. The molecule has 0 spiro atoms. The third-order valence-corrected chi connectivity index (χ3v) is 1.23. The standard InChI is InChI=1S/C7H8N2O2/c8-7(11)4-6(10)5-2-1-3-9-5/h1-3,9H,4H2,(H2,8,11). The van der Waals surface area contributed by atoms with Crippen LogP contribution in [0.3, 0.4) is 0 Å². The topological polar surface area (TPSA) is 76.0 Å². The highest BCUT2D eigenvalue weighted by atomic mass is 16.2. The summed E-state index contributed by atoms with van der Waals surface area (Å²) < 4.78 is 0. The van der Waals surface area contributed by atoms with Gasteiger partial charge in [0.2, 0.25) is 5.91 Å². The van der Waals surface area contributed by atoms with E-state index >= 15 is 0 Å². The van der Waals surface area contributed by atoms with E-state index in [1.165, 1.54) is 0 Å². The first-order chi connectivity index (χ1) is 5.20. The molecule has 0 radical (unpaired) electrons. The van der Waals surface area contributed by atoms with Crippen molar-refractivity contribution in [2.24, 2.45) is 5.73 Å². The number of amides is 1. The number of H-pyrrole nitrogens is 1. The maximum atomic E-state index is 11.0. The fraction of sp³-hybridized carbons (Fsp3) is 0.143. The van der Waals surface area contributed by atoms with Gasteiger partial charge in [0.1, 0.15) is 0 Å². The van der Waals surface area contributed by atoms with Crippen molar-refractivity contribution in [3.63, 3.8) is 0 Å². The maximum Gasteiger partial charge on any atom is 0.225 e. The van der Waals surface area contributed by atoms with Gasteiger partial charge in [-0.05, 0) is 12.1 Å². The van der Waals surface area contributed by atoms with Crippen molar-refractivity contribution in [2.45, 2.75) is 6.42 Å². The summed E-state index contributed by atoms with van der Waals surface area (Å²) in [4.78, 5) is 24.0. The van der Waals surface area contributed by atoms with Gasteiger partial charge in [-0.15, -0.1) is 0 Å². The average Bonchev–Trinajstić information content (AvgIpc) is 2.35. The molecule has 0 fully saturated rings. The number of ketones is 1. The van der Waals surface area contributed by atoms with Crippen LogP contribution in [-0.4, -0.2) is 16.7 Å². The van der Waals surface area contributed by atoms with Gasteiger partial charge in [0.05, 0.1) is 12.1 Å². The SMILES string of the molecule is NC(=O)CC(=O)c1ccc[nH]1. The number of nitrogens with two attached hydrogens (primary N) is 1. The van der Waals surface area contributed by atoms with E-state index in [1.54, 1.807) is 18.3 Å². The molecule has 0 atom stereocenters. The molecule has 1 aromatic rings. The zero-order chi connectivity index (χ0) is 8.27. The second kappa shape index (κ2) is 3.01. The Labute approximate surface area is 63.4 Å². The summed E-state index contributed by atoms with van der Waals surface area (Å²) in [5, 5.41) is 0. The highest BCUT2D eigenvalue weighted by Gasteiger charge is 2.08. The van der Waals surface area contributed by atoms with Gasteiger partial charge in [-0.2, -0.15) is 0 Å². The van der Waals surface area contributed by atoms with Gasteiger partial charge in [0, 0.05) is 6.20 Å². The smallest absolute Gasteiger partial charge is 0.225 e. The Morgan fingerprint density at radius 3 is 2.73 bits per heavy atom. The summed E-state index contributed by atoms with van der Waals surface area (Å²) in [6.07, 6.45) is 1.38. The van der Waals surface area contributed by atoms with Crippen molar-refractivity contribution in [3.05, 3.63) is 24.0 Å². The van der Waals surface area contributed by atoms with E-state index in [9.17, 15) is 9.59 Å². The van der Waals surface area contributed by atoms with Crippen LogP contribution in [0.4, 0.5) is 0 Å². The van der Waals surface area contributed by atoms with Crippen molar-refractivity contribution >= 4 is 11.7 Å². The summed E-state index contributed by atoms with van der Waals surface area (Å²) in [6, 6.07) is 3.29. The van der Waals surface area contributed by atoms with E-state index < -0.39 is 5.91 Å². The summed E-state index contributed by atoms with van der Waals surface area (Å²) >= 11 is 0. The van der Waals surface area contributed by atoms with Crippen LogP contribution in [0.1, 0.15) is 16.9 Å². The van der Waals surface area contributed by atoms with Crippen molar-refractivity contribution in [3.8, 4) is 0 Å². The monoisotopic (exact) mass is 152 g/mol. The van der Waals surface area contributed by atoms with E-state index in [0.29, 0.717) is 5.69 Å². The van der Waals surface area contributed by atoms with Crippen molar-refractivity contribution < 1.29 is 9.59 Å². The molecule has 11 heavy (non-hydrogen) atoms. The van der Waals surface area contributed by atoms with Crippen molar-refractivity contribution in [1.82, 2.24) is 4.98 Å². The Morgan fingerprint density at radius 2 is 2.27 bits per heavy atom. The van der Waals surface area contributed by atoms with Crippen LogP contribution >= 0.6 is 0 Å². The highest BCUT2D eigenvalue weighted by molar-refractivity contribution is 6.05. The van der Waals surface area contributed by atoms with Crippen LogP contribution in [0, 0.1) is 0 Å². The molecule has 0 saturated heterocycles. The number of carbonyl (C=O) groups excluding carboxylic acids is 2. The predicted octanol–water partition coefficient (Wildman–Crippen LogP) is 0.0728. The van der Waals surface area contributed by atoms with E-state index in [2.05, 4.69) is 4.98 Å². The predicted molar refractivity (Wildman–Crippen MR) is 38.9 cm³/mol. The number of hydrogen-bond donors (Lipinski definition) is 2. The Hall–Kier alpha value is -1.58. The third-order valence-electron chi connectivity index (χ3n) is 1.23. The number of hydrogen-bond acceptors (Lipinski definition) is 2. The minimum atomic E-state index is -0.607. The molecule has 3 N–H and O–H groups in total. The largest absolute Gasteiger partial charge is 0.369 e. The number of Topliss-reactive ketones (excluding diaryl/α,β-unsaturated/α-hetero) is 1. The zero-order valence-corrected chi connectivity index (χ0v) is 5.83. The third kappa shape index (κ3) is 1.93. The van der Waals surface area contributed by atoms with Gasteiger partial charge in [0.15, 0.2) is 5.78 Å². The summed E-state index contributed by atoms with van der Waals surface area (Å²) in [5.41, 5.74) is 5.25. The van der Waals surface area contributed by atoms with Gasteiger partial charge in [0.25, 0.3) is 0 Å². The molecule has 0 aliphatic carbocycles. The Kier molecular flexibility index (Phi) is 2.06. The van der Waals surface area contributed by atoms with Gasteiger partial charge in [-0.25, -0.2) is 0 Å². The second-order valence-electron chi connectivity index (χ2n) is 2.15. The molecule has 0 unspecified atom stereocenters. The first-order valence-electron chi connectivity index (χ1n) is 3.15. The number of rotatable bonds is 3. The van der Waals surface area contributed by atoms with Crippen LogP contribution in [-0.2, 0) is 4.79 Å². The number of nitrogens with one attached hydrogen (secondary N) is 1. The van der Waals surface area contributed by atoms with Crippen LogP contribution in [0.25, 0.3) is 0 Å². The molecule has 1 amide bonds. The lowest BCUT2D eigenvalue weighted by molar-refractivity contribution is -0.117. The van der Waals surface area contributed by atoms with Crippen molar-refractivity contribution in [2.75, 3.05) is 0 Å². The number of carbonyl (C=O) groups is 2. The molecule has 0 aliphatic rings. The summed E-state index contributed by atoms with van der Waals surface area (Å²) in [5.74, 6) is -0.882. The minimum Gasteiger partial charge on any atom is -0.369 e. The molecule has 0 aliphatic heterocycles. The van der Waals surface area contributed by atoms with Crippen molar-refractivity contribution in [1.29, 1.82) is 0 Å². The lowest BCUT2D eigenvalue weighted by Gasteiger charge is -1.91. The molecule has 1 rings (SSSR count). The molecule has 0 aromatic carbocycles. The van der Waals surface area contributed by atoms with Crippen LogP contribution in [0.5, 0.6) is 0 Å².